The van der Waals surface area contributed by atoms with Crippen molar-refractivity contribution >= 4 is 5.97 Å². The fourth-order valence-corrected chi connectivity index (χ4v) is 4.12. The van der Waals surface area contributed by atoms with Gasteiger partial charge in [-0.3, -0.25) is 4.90 Å². The highest BCUT2D eigenvalue weighted by Crippen LogP contribution is 2.44. The van der Waals surface area contributed by atoms with Gasteiger partial charge in [0, 0.05) is 29.2 Å². The number of carbonyl (C=O) groups is 1. The highest BCUT2D eigenvalue weighted by molar-refractivity contribution is 5.89. The van der Waals surface area contributed by atoms with Crippen molar-refractivity contribution in [2.75, 3.05) is 6.54 Å². The van der Waals surface area contributed by atoms with Crippen LogP contribution >= 0.6 is 0 Å². The molecule has 3 aliphatic heterocycles. The molecule has 0 aromatic rings. The molecule has 22 heavy (non-hydrogen) atoms. The Morgan fingerprint density at radius 2 is 2.14 bits per heavy atom. The van der Waals surface area contributed by atoms with Gasteiger partial charge < -0.3 is 4.74 Å². The average molecular weight is 297 g/mol. The lowest BCUT2D eigenvalue weighted by molar-refractivity contribution is -0.151. The maximum absolute atomic E-state index is 12.0. The number of piperidine rings is 1. The predicted molar refractivity (Wildman–Crippen MR) is 85.0 cm³/mol. The van der Waals surface area contributed by atoms with Crippen molar-refractivity contribution in [1.29, 1.82) is 0 Å². The lowest BCUT2D eigenvalue weighted by Gasteiger charge is -2.45. The average Bonchev–Trinajstić information content (AvgIpc) is 3.28. The summed E-state index contributed by atoms with van der Waals surface area (Å²) in [7, 11) is 0. The highest BCUT2D eigenvalue weighted by atomic mass is 16.6. The molecule has 1 saturated heterocycles. The second kappa shape index (κ2) is 4.99. The van der Waals surface area contributed by atoms with Crippen LogP contribution in [0, 0.1) is 17.8 Å². The zero-order valence-corrected chi connectivity index (χ0v) is 13.4. The van der Waals surface area contributed by atoms with E-state index in [0.717, 1.165) is 24.1 Å². The van der Waals surface area contributed by atoms with Crippen molar-refractivity contribution in [2.24, 2.45) is 5.92 Å². The summed E-state index contributed by atoms with van der Waals surface area (Å²) in [4.78, 5) is 14.5. The van der Waals surface area contributed by atoms with Gasteiger partial charge in [0.05, 0.1) is 6.04 Å². The summed E-state index contributed by atoms with van der Waals surface area (Å²) in [6.07, 6.45) is 9.87. The van der Waals surface area contributed by atoms with E-state index in [1.807, 2.05) is 0 Å². The number of hydrogen-bond donors (Lipinski definition) is 0. The van der Waals surface area contributed by atoms with E-state index >= 15 is 0 Å². The molecule has 0 unspecified atom stereocenters. The molecule has 0 aromatic carbocycles. The summed E-state index contributed by atoms with van der Waals surface area (Å²) < 4.78 is 5.82. The van der Waals surface area contributed by atoms with Crippen molar-refractivity contribution in [3.8, 4) is 11.8 Å². The van der Waals surface area contributed by atoms with Gasteiger partial charge in [0.15, 0.2) is 5.60 Å². The molecule has 0 radical (unpaired) electrons. The normalized spacial score (nSPS) is 37.8. The van der Waals surface area contributed by atoms with E-state index in [1.54, 1.807) is 6.08 Å². The molecule has 3 heterocycles. The van der Waals surface area contributed by atoms with Crippen LogP contribution < -0.4 is 0 Å². The largest absolute Gasteiger partial charge is 0.450 e. The molecule has 0 amide bonds. The maximum Gasteiger partial charge on any atom is 0.332 e. The summed E-state index contributed by atoms with van der Waals surface area (Å²) >= 11 is 0. The van der Waals surface area contributed by atoms with Crippen molar-refractivity contribution in [2.45, 2.75) is 63.6 Å². The Morgan fingerprint density at radius 3 is 2.91 bits per heavy atom. The molecule has 2 fully saturated rings. The van der Waals surface area contributed by atoms with E-state index in [4.69, 9.17) is 4.74 Å². The second-order valence-electron chi connectivity index (χ2n) is 7.20. The van der Waals surface area contributed by atoms with Gasteiger partial charge in [-0.1, -0.05) is 24.3 Å². The van der Waals surface area contributed by atoms with E-state index in [1.165, 1.54) is 25.7 Å². The minimum atomic E-state index is -0.535. The van der Waals surface area contributed by atoms with E-state index in [2.05, 4.69) is 36.7 Å². The molecule has 4 rings (SSSR count). The van der Waals surface area contributed by atoms with Crippen LogP contribution in [0.5, 0.6) is 0 Å². The van der Waals surface area contributed by atoms with Gasteiger partial charge >= 0.3 is 5.97 Å². The van der Waals surface area contributed by atoms with Crippen LogP contribution in [0.2, 0.25) is 0 Å². The van der Waals surface area contributed by atoms with Crippen molar-refractivity contribution in [3.63, 3.8) is 0 Å². The van der Waals surface area contributed by atoms with Gasteiger partial charge in [0.1, 0.15) is 0 Å². The Kier molecular flexibility index (Phi) is 3.20. The van der Waals surface area contributed by atoms with Crippen molar-refractivity contribution < 1.29 is 9.53 Å². The highest BCUT2D eigenvalue weighted by Gasteiger charge is 2.51. The minimum Gasteiger partial charge on any atom is -0.450 e. The van der Waals surface area contributed by atoms with Gasteiger partial charge in [-0.05, 0) is 46.1 Å². The van der Waals surface area contributed by atoms with Crippen LogP contribution in [0.4, 0.5) is 0 Å². The number of rotatable bonds is 0. The molecule has 1 saturated carbocycles. The molecule has 0 spiro atoms. The second-order valence-corrected chi connectivity index (χ2v) is 7.20. The van der Waals surface area contributed by atoms with Crippen LogP contribution in [0.3, 0.4) is 0 Å². The number of ether oxygens (including phenoxy) is 1. The Balaban J connectivity index is 1.79. The molecule has 1 aliphatic carbocycles. The molecule has 3 nitrogen and oxygen atoms in total. The summed E-state index contributed by atoms with van der Waals surface area (Å²) in [5.74, 6) is 7.07. The molecule has 0 bridgehead atoms. The first-order valence-corrected chi connectivity index (χ1v) is 8.52. The summed E-state index contributed by atoms with van der Waals surface area (Å²) in [5.41, 5.74) is 1.49. The molecule has 116 valence electrons. The fraction of sp³-hybridized carbons (Fsp3) is 0.632. The Labute approximate surface area is 132 Å². The lowest BCUT2D eigenvalue weighted by atomic mass is 9.81. The summed E-state index contributed by atoms with van der Waals surface area (Å²) in [6, 6.07) is 0.612. The molecule has 3 heteroatoms. The third-order valence-corrected chi connectivity index (χ3v) is 5.50. The van der Waals surface area contributed by atoms with E-state index in [9.17, 15) is 4.79 Å². The van der Waals surface area contributed by atoms with E-state index in [-0.39, 0.29) is 12.0 Å². The Hall–Kier alpha value is -1.53. The van der Waals surface area contributed by atoms with E-state index in [0.29, 0.717) is 12.0 Å². The van der Waals surface area contributed by atoms with Gasteiger partial charge in [-0.2, -0.15) is 0 Å². The topological polar surface area (TPSA) is 29.5 Å². The standard InChI is InChI=1S/C19H23NO2/c1-13-11-15(9-8-14-6-7-14)16-12-18(21)22-19(16,2)17-5-3-4-10-20(13)17/h11-14,17H,3-7,10H2,1-2H3/t13-,17+,19-/m0/s1. The zero-order valence-electron chi connectivity index (χ0n) is 13.4. The van der Waals surface area contributed by atoms with Crippen LogP contribution in [0.25, 0.3) is 0 Å². The molecule has 4 aliphatic rings. The summed E-state index contributed by atoms with van der Waals surface area (Å²) in [6.45, 7) is 5.40. The Bertz CT molecular complexity index is 632. The summed E-state index contributed by atoms with van der Waals surface area (Å²) in [5, 5.41) is 0. The minimum absolute atomic E-state index is 0.211. The van der Waals surface area contributed by atoms with Gasteiger partial charge in [-0.25, -0.2) is 4.79 Å². The van der Waals surface area contributed by atoms with Crippen molar-refractivity contribution in [3.05, 3.63) is 23.3 Å². The van der Waals surface area contributed by atoms with Gasteiger partial charge in [0.2, 0.25) is 0 Å². The Morgan fingerprint density at radius 1 is 1.32 bits per heavy atom. The molecular formula is C19H23NO2. The van der Waals surface area contributed by atoms with Gasteiger partial charge in [-0.15, -0.1) is 0 Å². The number of nitrogens with zero attached hydrogens (tertiary/aromatic N) is 1. The van der Waals surface area contributed by atoms with Crippen LogP contribution in [0.1, 0.15) is 46.0 Å². The molecule has 0 N–H and O–H groups in total. The molecule has 3 atom stereocenters. The van der Waals surface area contributed by atoms with E-state index < -0.39 is 5.60 Å². The fourth-order valence-electron chi connectivity index (χ4n) is 4.12. The third-order valence-electron chi connectivity index (χ3n) is 5.50. The first-order chi connectivity index (χ1) is 10.6. The number of fused-ring (bicyclic) bond motifs is 3. The van der Waals surface area contributed by atoms with Crippen LogP contribution in [0.15, 0.2) is 23.3 Å². The smallest absolute Gasteiger partial charge is 0.332 e. The predicted octanol–water partition coefficient (Wildman–Crippen LogP) is 2.82. The van der Waals surface area contributed by atoms with Crippen molar-refractivity contribution in [1.82, 2.24) is 4.90 Å². The monoisotopic (exact) mass is 297 g/mol. The SMILES string of the molecule is C[C@H]1C=C(C#CC2CC2)C2=CC(=O)O[C@]2(C)[C@H]2CCCCN12. The number of esters is 1. The third kappa shape index (κ3) is 2.21. The maximum atomic E-state index is 12.0. The number of carbonyl (C=O) groups excluding carboxylic acids is 1. The molecule has 0 aromatic heterocycles. The first kappa shape index (κ1) is 14.1. The lowest BCUT2D eigenvalue weighted by Crippen LogP contribution is -2.55. The molecular weight excluding hydrogens is 274 g/mol. The van der Waals surface area contributed by atoms with Crippen LogP contribution in [-0.4, -0.2) is 35.1 Å². The zero-order chi connectivity index (χ0) is 15.3. The number of hydrogen-bond acceptors (Lipinski definition) is 3. The first-order valence-electron chi connectivity index (χ1n) is 8.52. The quantitative estimate of drug-likeness (QED) is 0.509. The van der Waals surface area contributed by atoms with Gasteiger partial charge in [0.25, 0.3) is 0 Å². The van der Waals surface area contributed by atoms with Crippen LogP contribution in [-0.2, 0) is 9.53 Å².